The summed E-state index contributed by atoms with van der Waals surface area (Å²) in [7, 11) is 0. The molecule has 2 amide bonds. The van der Waals surface area contributed by atoms with Gasteiger partial charge in [0.2, 0.25) is 0 Å². The molecule has 2 heterocycles. The van der Waals surface area contributed by atoms with E-state index in [-0.39, 0.29) is 18.2 Å². The number of aliphatic hydroxyl groups is 1. The third kappa shape index (κ3) is 6.20. The van der Waals surface area contributed by atoms with Gasteiger partial charge in [-0.2, -0.15) is 0 Å². The zero-order chi connectivity index (χ0) is 18.1. The Morgan fingerprint density at radius 3 is 2.56 bits per heavy atom. The number of hydrogen-bond donors (Lipinski definition) is 3. The second kappa shape index (κ2) is 9.61. The van der Waals surface area contributed by atoms with Crippen molar-refractivity contribution in [3.63, 3.8) is 0 Å². The Labute approximate surface area is 151 Å². The van der Waals surface area contributed by atoms with Crippen molar-refractivity contribution in [2.75, 3.05) is 24.6 Å². The highest BCUT2D eigenvalue weighted by molar-refractivity contribution is 5.74. The highest BCUT2D eigenvalue weighted by Gasteiger charge is 2.23. The van der Waals surface area contributed by atoms with Crippen LogP contribution in [-0.4, -0.2) is 41.4 Å². The van der Waals surface area contributed by atoms with E-state index in [0.717, 1.165) is 30.9 Å². The van der Waals surface area contributed by atoms with Crippen LogP contribution in [0.2, 0.25) is 0 Å². The van der Waals surface area contributed by atoms with Crippen molar-refractivity contribution in [2.24, 2.45) is 0 Å². The van der Waals surface area contributed by atoms with Crippen molar-refractivity contribution >= 4 is 11.8 Å². The van der Waals surface area contributed by atoms with E-state index in [9.17, 15) is 4.79 Å². The largest absolute Gasteiger partial charge is 0.396 e. The fourth-order valence-electron chi connectivity index (χ4n) is 3.08. The number of aliphatic hydroxyl groups excluding tert-OH is 1. The summed E-state index contributed by atoms with van der Waals surface area (Å²) >= 11 is 0. The van der Waals surface area contributed by atoms with Crippen molar-refractivity contribution in [1.29, 1.82) is 0 Å². The molecule has 6 heteroatoms. The quantitative estimate of drug-likeness (QED) is 0.708. The van der Waals surface area contributed by atoms with Crippen LogP contribution < -0.4 is 15.5 Å². The molecule has 1 aromatic heterocycles. The first kappa shape index (κ1) is 19.5. The van der Waals surface area contributed by atoms with Crippen LogP contribution in [0.3, 0.4) is 0 Å². The predicted molar refractivity (Wildman–Crippen MR) is 101 cm³/mol. The molecule has 1 fully saturated rings. The van der Waals surface area contributed by atoms with Crippen molar-refractivity contribution in [2.45, 2.75) is 64.5 Å². The monoisotopic (exact) mass is 348 g/mol. The molecule has 0 aliphatic carbocycles. The first-order chi connectivity index (χ1) is 12.1. The number of aromatic nitrogens is 1. The Morgan fingerprint density at radius 1 is 1.28 bits per heavy atom. The summed E-state index contributed by atoms with van der Waals surface area (Å²) < 4.78 is 0. The Kier molecular flexibility index (Phi) is 7.50. The van der Waals surface area contributed by atoms with E-state index in [1.165, 1.54) is 25.7 Å². The lowest BCUT2D eigenvalue weighted by atomic mass is 9.95. The summed E-state index contributed by atoms with van der Waals surface area (Å²) in [5, 5.41) is 14.9. The number of nitrogens with zero attached hydrogens (tertiary/aromatic N) is 2. The highest BCUT2D eigenvalue weighted by atomic mass is 16.3. The van der Waals surface area contributed by atoms with Gasteiger partial charge in [-0.15, -0.1) is 0 Å². The molecule has 6 nitrogen and oxygen atoms in total. The SMILES string of the molecule is CCC(C)(CCO)NC(=O)NCc1ccc(N2CCCCCC2)nc1. The molecule has 0 radical (unpaired) electrons. The second-order valence-electron chi connectivity index (χ2n) is 7.12. The third-order valence-corrected chi connectivity index (χ3v) is 5.05. The van der Waals surface area contributed by atoms with Gasteiger partial charge in [-0.25, -0.2) is 9.78 Å². The molecule has 25 heavy (non-hydrogen) atoms. The van der Waals surface area contributed by atoms with E-state index in [1.807, 2.05) is 32.2 Å². The van der Waals surface area contributed by atoms with E-state index >= 15 is 0 Å². The molecule has 2 rings (SSSR count). The number of amides is 2. The van der Waals surface area contributed by atoms with Crippen molar-refractivity contribution in [3.8, 4) is 0 Å². The lowest BCUT2D eigenvalue weighted by Crippen LogP contribution is -2.50. The van der Waals surface area contributed by atoms with Gasteiger partial charge >= 0.3 is 6.03 Å². The zero-order valence-corrected chi connectivity index (χ0v) is 15.6. The molecule has 1 aromatic rings. The molecule has 1 unspecified atom stereocenters. The first-order valence-corrected chi connectivity index (χ1v) is 9.43. The van der Waals surface area contributed by atoms with Crippen molar-refractivity contribution in [3.05, 3.63) is 23.9 Å². The Morgan fingerprint density at radius 2 is 2.00 bits per heavy atom. The summed E-state index contributed by atoms with van der Waals surface area (Å²) in [4.78, 5) is 19.0. The molecule has 1 saturated heterocycles. The number of hydrogen-bond acceptors (Lipinski definition) is 4. The minimum Gasteiger partial charge on any atom is -0.396 e. The maximum Gasteiger partial charge on any atom is 0.315 e. The van der Waals surface area contributed by atoms with Gasteiger partial charge in [-0.3, -0.25) is 0 Å². The minimum atomic E-state index is -0.381. The molecule has 0 aromatic carbocycles. The fourth-order valence-corrected chi connectivity index (χ4v) is 3.08. The third-order valence-electron chi connectivity index (χ3n) is 5.05. The summed E-state index contributed by atoms with van der Waals surface area (Å²) in [6, 6.07) is 3.86. The van der Waals surface area contributed by atoms with Crippen LogP contribution in [0.5, 0.6) is 0 Å². The topological polar surface area (TPSA) is 77.5 Å². The average molecular weight is 348 g/mol. The van der Waals surface area contributed by atoms with E-state index in [0.29, 0.717) is 13.0 Å². The Hall–Kier alpha value is -1.82. The van der Waals surface area contributed by atoms with E-state index in [2.05, 4.69) is 20.5 Å². The van der Waals surface area contributed by atoms with Gasteiger partial charge in [0, 0.05) is 38.0 Å². The van der Waals surface area contributed by atoms with Crippen LogP contribution in [0.4, 0.5) is 10.6 Å². The lowest BCUT2D eigenvalue weighted by molar-refractivity contribution is 0.200. The minimum absolute atomic E-state index is 0.0620. The Balaban J connectivity index is 1.83. The summed E-state index contributed by atoms with van der Waals surface area (Å²) in [6.45, 7) is 6.60. The molecular weight excluding hydrogens is 316 g/mol. The van der Waals surface area contributed by atoms with E-state index < -0.39 is 0 Å². The molecule has 3 N–H and O–H groups in total. The smallest absolute Gasteiger partial charge is 0.315 e. The normalized spacial score (nSPS) is 17.5. The number of urea groups is 1. The van der Waals surface area contributed by atoms with Gasteiger partial charge in [-0.1, -0.05) is 25.8 Å². The molecule has 1 aliphatic rings. The van der Waals surface area contributed by atoms with E-state index in [1.54, 1.807) is 0 Å². The number of rotatable bonds is 7. The maximum absolute atomic E-state index is 12.1. The molecule has 1 aliphatic heterocycles. The van der Waals surface area contributed by atoms with Crippen LogP contribution in [0.1, 0.15) is 57.9 Å². The molecule has 0 bridgehead atoms. The summed E-state index contributed by atoms with van der Waals surface area (Å²) in [5.74, 6) is 1.02. The number of pyridine rings is 1. The standard InChI is InChI=1S/C19H32N4O2/c1-3-19(2,10-13-24)22-18(25)21-15-16-8-9-17(20-14-16)23-11-6-4-5-7-12-23/h8-9,14,24H,3-7,10-13,15H2,1-2H3,(H2,21,22,25). The van der Waals surface area contributed by atoms with Gasteiger partial charge in [0.05, 0.1) is 0 Å². The second-order valence-corrected chi connectivity index (χ2v) is 7.12. The van der Waals surface area contributed by atoms with Gasteiger partial charge in [0.1, 0.15) is 5.82 Å². The molecule has 0 spiro atoms. The van der Waals surface area contributed by atoms with Gasteiger partial charge in [0.15, 0.2) is 0 Å². The predicted octanol–water partition coefficient (Wildman–Crippen LogP) is 2.81. The number of carbonyl (C=O) groups excluding carboxylic acids is 1. The van der Waals surface area contributed by atoms with Crippen molar-refractivity contribution < 1.29 is 9.90 Å². The number of nitrogens with one attached hydrogen (secondary N) is 2. The van der Waals surface area contributed by atoms with Gasteiger partial charge in [0.25, 0.3) is 0 Å². The van der Waals surface area contributed by atoms with Crippen LogP contribution in [0.15, 0.2) is 18.3 Å². The van der Waals surface area contributed by atoms with Gasteiger partial charge < -0.3 is 20.6 Å². The van der Waals surface area contributed by atoms with Crippen LogP contribution >= 0.6 is 0 Å². The first-order valence-electron chi connectivity index (χ1n) is 9.43. The summed E-state index contributed by atoms with van der Waals surface area (Å²) in [6.07, 6.45) is 8.23. The molecular formula is C19H32N4O2. The van der Waals surface area contributed by atoms with Crippen LogP contribution in [0.25, 0.3) is 0 Å². The molecule has 0 saturated carbocycles. The molecule has 1 atom stereocenters. The fraction of sp³-hybridized carbons (Fsp3) is 0.684. The average Bonchev–Trinajstić information content (AvgIpc) is 2.90. The van der Waals surface area contributed by atoms with Crippen molar-refractivity contribution in [1.82, 2.24) is 15.6 Å². The van der Waals surface area contributed by atoms with E-state index in [4.69, 9.17) is 5.11 Å². The van der Waals surface area contributed by atoms with Crippen LogP contribution in [0, 0.1) is 0 Å². The van der Waals surface area contributed by atoms with Crippen LogP contribution in [-0.2, 0) is 6.54 Å². The Bertz CT molecular complexity index is 527. The van der Waals surface area contributed by atoms with Gasteiger partial charge in [-0.05, 0) is 44.2 Å². The summed E-state index contributed by atoms with van der Waals surface area (Å²) in [5.41, 5.74) is 0.599. The zero-order valence-electron chi connectivity index (χ0n) is 15.6. The lowest BCUT2D eigenvalue weighted by Gasteiger charge is -2.29. The maximum atomic E-state index is 12.1. The number of anilines is 1. The molecule has 140 valence electrons. The number of carbonyl (C=O) groups is 1. The highest BCUT2D eigenvalue weighted by Crippen LogP contribution is 2.17.